The second-order valence-corrected chi connectivity index (χ2v) is 8.87. The summed E-state index contributed by atoms with van der Waals surface area (Å²) < 4.78 is 0. The van der Waals surface area contributed by atoms with Gasteiger partial charge in [0.15, 0.2) is 0 Å². The summed E-state index contributed by atoms with van der Waals surface area (Å²) in [5.74, 6) is 0.577. The highest BCUT2D eigenvalue weighted by Crippen LogP contribution is 2.20. The van der Waals surface area contributed by atoms with E-state index < -0.39 is 0 Å². The number of hydrogen-bond acceptors (Lipinski definition) is 8. The first kappa shape index (κ1) is 19.5. The van der Waals surface area contributed by atoms with Gasteiger partial charge in [-0.2, -0.15) is 0 Å². The number of aryl methyl sites for hydroxylation is 1. The zero-order valence-electron chi connectivity index (χ0n) is 15.8. The summed E-state index contributed by atoms with van der Waals surface area (Å²) in [6.07, 6.45) is 3.28. The van der Waals surface area contributed by atoms with Crippen LogP contribution in [0, 0.1) is 6.92 Å². The number of thiophene rings is 1. The molecule has 0 bridgehead atoms. The van der Waals surface area contributed by atoms with Gasteiger partial charge in [-0.15, -0.1) is 21.5 Å². The largest absolute Gasteiger partial charge is 0.356 e. The Morgan fingerprint density at radius 2 is 1.97 bits per heavy atom. The van der Waals surface area contributed by atoms with Gasteiger partial charge >= 0.3 is 0 Å². The number of carbonyl (C=O) groups excluding carboxylic acids is 2. The monoisotopic (exact) mass is 428 g/mol. The summed E-state index contributed by atoms with van der Waals surface area (Å²) in [6, 6.07) is 7.61. The van der Waals surface area contributed by atoms with Crippen LogP contribution < -0.4 is 15.5 Å². The van der Waals surface area contributed by atoms with E-state index in [1.54, 1.807) is 17.8 Å². The van der Waals surface area contributed by atoms with Crippen LogP contribution in [0.1, 0.15) is 37.7 Å². The third kappa shape index (κ3) is 4.77. The fourth-order valence-electron chi connectivity index (χ4n) is 3.17. The molecule has 0 unspecified atom stereocenters. The fraction of sp³-hybridized carbons (Fsp3) is 0.316. The first-order valence-electron chi connectivity index (χ1n) is 9.24. The number of anilines is 2. The molecule has 0 radical (unpaired) electrons. The van der Waals surface area contributed by atoms with E-state index in [1.165, 1.54) is 22.7 Å². The van der Waals surface area contributed by atoms with Gasteiger partial charge in [0.1, 0.15) is 11.3 Å². The summed E-state index contributed by atoms with van der Waals surface area (Å²) in [4.78, 5) is 33.0. The van der Waals surface area contributed by atoms with Crippen LogP contribution in [0.4, 0.5) is 10.9 Å². The number of nitrogens with one attached hydrogen (secondary N) is 2. The lowest BCUT2D eigenvalue weighted by Gasteiger charge is -2.33. The summed E-state index contributed by atoms with van der Waals surface area (Å²) in [7, 11) is 0. The van der Waals surface area contributed by atoms with E-state index in [-0.39, 0.29) is 17.9 Å². The molecule has 3 aromatic heterocycles. The van der Waals surface area contributed by atoms with Crippen molar-refractivity contribution in [2.45, 2.75) is 25.8 Å². The minimum absolute atomic E-state index is 0.00507. The quantitative estimate of drug-likeness (QED) is 0.648. The lowest BCUT2D eigenvalue weighted by Crippen LogP contribution is -2.44. The van der Waals surface area contributed by atoms with Crippen LogP contribution in [0.3, 0.4) is 0 Å². The number of rotatable bonds is 5. The smallest absolute Gasteiger partial charge is 0.261 e. The molecule has 1 fully saturated rings. The Balaban J connectivity index is 1.29. The lowest BCUT2D eigenvalue weighted by molar-refractivity contribution is 0.0934. The summed E-state index contributed by atoms with van der Waals surface area (Å²) in [5.41, 5.74) is 2.03. The van der Waals surface area contributed by atoms with Crippen molar-refractivity contribution in [1.82, 2.24) is 20.5 Å². The minimum atomic E-state index is -0.258. The maximum atomic E-state index is 12.3. The van der Waals surface area contributed by atoms with Gasteiger partial charge in [-0.05, 0) is 44.0 Å². The zero-order valence-corrected chi connectivity index (χ0v) is 17.4. The van der Waals surface area contributed by atoms with Crippen LogP contribution in [-0.2, 0) is 0 Å². The van der Waals surface area contributed by atoms with E-state index in [9.17, 15) is 9.59 Å². The number of amides is 2. The van der Waals surface area contributed by atoms with Gasteiger partial charge in [0, 0.05) is 30.2 Å². The first-order chi connectivity index (χ1) is 14.1. The van der Waals surface area contributed by atoms with Crippen LogP contribution in [0.5, 0.6) is 0 Å². The molecule has 0 atom stereocenters. The number of aromatic nitrogens is 3. The maximum Gasteiger partial charge on any atom is 0.261 e. The van der Waals surface area contributed by atoms with Crippen LogP contribution in [0.2, 0.25) is 0 Å². The predicted molar refractivity (Wildman–Crippen MR) is 114 cm³/mol. The molecule has 2 amide bonds. The predicted octanol–water partition coefficient (Wildman–Crippen LogP) is 2.95. The molecule has 8 nitrogen and oxygen atoms in total. The van der Waals surface area contributed by atoms with Gasteiger partial charge in [-0.3, -0.25) is 14.9 Å². The van der Waals surface area contributed by atoms with Crippen molar-refractivity contribution in [3.63, 3.8) is 0 Å². The molecule has 10 heteroatoms. The Bertz CT molecular complexity index is 979. The van der Waals surface area contributed by atoms with Crippen molar-refractivity contribution in [1.29, 1.82) is 0 Å². The summed E-state index contributed by atoms with van der Waals surface area (Å²) in [5, 5.41) is 13.8. The molecule has 29 heavy (non-hydrogen) atoms. The van der Waals surface area contributed by atoms with Crippen molar-refractivity contribution >= 4 is 45.4 Å². The van der Waals surface area contributed by atoms with Crippen molar-refractivity contribution in [2.75, 3.05) is 23.3 Å². The van der Waals surface area contributed by atoms with Gasteiger partial charge in [0.05, 0.1) is 10.4 Å². The third-order valence-electron chi connectivity index (χ3n) is 4.71. The van der Waals surface area contributed by atoms with E-state index in [0.29, 0.717) is 10.7 Å². The molecule has 4 heterocycles. The molecule has 1 saturated heterocycles. The van der Waals surface area contributed by atoms with Gasteiger partial charge in [-0.25, -0.2) is 4.98 Å². The van der Waals surface area contributed by atoms with E-state index >= 15 is 0 Å². The molecule has 1 aliphatic rings. The number of carbonyl (C=O) groups is 2. The van der Waals surface area contributed by atoms with Gasteiger partial charge in [0.2, 0.25) is 5.13 Å². The lowest BCUT2D eigenvalue weighted by atomic mass is 10.0. The van der Waals surface area contributed by atoms with Crippen LogP contribution >= 0.6 is 22.7 Å². The van der Waals surface area contributed by atoms with Crippen molar-refractivity contribution < 1.29 is 9.59 Å². The van der Waals surface area contributed by atoms with Gasteiger partial charge < -0.3 is 10.2 Å². The Hall–Kier alpha value is -2.85. The highest BCUT2D eigenvalue weighted by molar-refractivity contribution is 7.14. The minimum Gasteiger partial charge on any atom is -0.356 e. The number of piperidine rings is 1. The first-order valence-corrected chi connectivity index (χ1v) is 10.9. The van der Waals surface area contributed by atoms with Crippen molar-refractivity contribution in [3.05, 3.63) is 51.3 Å². The number of hydrogen-bond donors (Lipinski definition) is 2. The molecular formula is C19H20N6O2S2. The Kier molecular flexibility index (Phi) is 5.81. The standard InChI is InChI=1S/C19H20N6O2S2/c1-12-2-4-15(29-12)18(27)22-14-6-8-25(9-7-14)16-5-3-13(10-20-16)17(26)23-19-24-21-11-28-19/h2-5,10-11,14H,6-9H2,1H3,(H,22,27)(H,23,24,26). The molecule has 150 valence electrons. The Labute approximate surface area is 176 Å². The number of pyridine rings is 1. The van der Waals surface area contributed by atoms with E-state index in [0.717, 1.165) is 41.5 Å². The van der Waals surface area contributed by atoms with Crippen molar-refractivity contribution in [3.8, 4) is 0 Å². The summed E-state index contributed by atoms with van der Waals surface area (Å²) in [6.45, 7) is 3.60. The highest BCUT2D eigenvalue weighted by atomic mass is 32.1. The Morgan fingerprint density at radius 3 is 2.59 bits per heavy atom. The number of nitrogens with zero attached hydrogens (tertiary/aromatic N) is 4. The molecule has 1 aliphatic heterocycles. The molecule has 0 aliphatic carbocycles. The zero-order chi connectivity index (χ0) is 20.2. The molecular weight excluding hydrogens is 408 g/mol. The van der Waals surface area contributed by atoms with E-state index in [1.807, 2.05) is 25.1 Å². The van der Waals surface area contributed by atoms with Gasteiger partial charge in [-0.1, -0.05) is 11.3 Å². The maximum absolute atomic E-state index is 12.3. The van der Waals surface area contributed by atoms with E-state index in [4.69, 9.17) is 0 Å². The average Bonchev–Trinajstić information content (AvgIpc) is 3.40. The highest BCUT2D eigenvalue weighted by Gasteiger charge is 2.22. The normalized spacial score (nSPS) is 14.6. The van der Waals surface area contributed by atoms with Crippen LogP contribution in [0.15, 0.2) is 36.0 Å². The molecule has 0 aromatic carbocycles. The second-order valence-electron chi connectivity index (χ2n) is 6.75. The molecule has 4 rings (SSSR count). The van der Waals surface area contributed by atoms with Gasteiger partial charge in [0.25, 0.3) is 11.8 Å². The molecule has 0 spiro atoms. The third-order valence-corrected chi connectivity index (χ3v) is 6.31. The van der Waals surface area contributed by atoms with Crippen molar-refractivity contribution in [2.24, 2.45) is 0 Å². The SMILES string of the molecule is Cc1ccc(C(=O)NC2CCN(c3ccc(C(=O)Nc4nncs4)cn3)CC2)s1. The fourth-order valence-corrected chi connectivity index (χ4v) is 4.38. The second kappa shape index (κ2) is 8.66. The van der Waals surface area contributed by atoms with E-state index in [2.05, 4.69) is 30.7 Å². The molecule has 2 N–H and O–H groups in total. The topological polar surface area (TPSA) is 100 Å². The summed E-state index contributed by atoms with van der Waals surface area (Å²) >= 11 is 2.78. The molecule has 3 aromatic rings. The molecule has 0 saturated carbocycles. The van der Waals surface area contributed by atoms with Crippen LogP contribution in [0.25, 0.3) is 0 Å². The average molecular weight is 429 g/mol. The van der Waals surface area contributed by atoms with Crippen LogP contribution in [-0.4, -0.2) is 46.1 Å². The Morgan fingerprint density at radius 1 is 1.14 bits per heavy atom.